The lowest BCUT2D eigenvalue weighted by molar-refractivity contribution is -0.118. The minimum atomic E-state index is -0.420. The first-order chi connectivity index (χ1) is 13.0. The number of ether oxygens (including phenoxy) is 1. The molecule has 0 saturated carbocycles. The predicted octanol–water partition coefficient (Wildman–Crippen LogP) is 3.34. The molecule has 0 spiro atoms. The standard InChI is InChI=1S/C20H21FN2O3S/c1-14-11-15(20(25)23-7-9-27-10-8-23)5-6-18(14)22-19(24)13-26-17-4-2-3-16(21)12-17/h2-6,11-12H,7-10,13H2,1H3,(H,22,24). The fourth-order valence-corrected chi connectivity index (χ4v) is 3.68. The second-order valence-corrected chi connectivity index (χ2v) is 7.45. The van der Waals surface area contributed by atoms with Crippen molar-refractivity contribution in [2.24, 2.45) is 0 Å². The highest BCUT2D eigenvalue weighted by Crippen LogP contribution is 2.20. The van der Waals surface area contributed by atoms with Crippen molar-refractivity contribution >= 4 is 29.3 Å². The summed E-state index contributed by atoms with van der Waals surface area (Å²) >= 11 is 1.85. The number of anilines is 1. The van der Waals surface area contributed by atoms with Gasteiger partial charge in [-0.3, -0.25) is 9.59 Å². The predicted molar refractivity (Wildman–Crippen MR) is 105 cm³/mol. The molecule has 0 atom stereocenters. The molecule has 0 aromatic heterocycles. The Hall–Kier alpha value is -2.54. The van der Waals surface area contributed by atoms with Gasteiger partial charge in [0.15, 0.2) is 6.61 Å². The highest BCUT2D eigenvalue weighted by Gasteiger charge is 2.19. The molecular formula is C20H21FN2O3S. The van der Waals surface area contributed by atoms with E-state index in [-0.39, 0.29) is 18.4 Å². The lowest BCUT2D eigenvalue weighted by Gasteiger charge is -2.26. The molecule has 0 unspecified atom stereocenters. The van der Waals surface area contributed by atoms with E-state index in [1.807, 2.05) is 23.6 Å². The van der Waals surface area contributed by atoms with Crippen LogP contribution in [0, 0.1) is 12.7 Å². The lowest BCUT2D eigenvalue weighted by Crippen LogP contribution is -2.37. The first-order valence-electron chi connectivity index (χ1n) is 8.69. The van der Waals surface area contributed by atoms with Crippen LogP contribution in [0.5, 0.6) is 5.75 Å². The van der Waals surface area contributed by atoms with Gasteiger partial charge in [0.05, 0.1) is 0 Å². The van der Waals surface area contributed by atoms with Crippen LogP contribution >= 0.6 is 11.8 Å². The Morgan fingerprint density at radius 3 is 2.67 bits per heavy atom. The van der Waals surface area contributed by atoms with Gasteiger partial charge in [-0.05, 0) is 42.8 Å². The Balaban J connectivity index is 1.58. The van der Waals surface area contributed by atoms with Crippen molar-refractivity contribution in [3.63, 3.8) is 0 Å². The molecule has 1 heterocycles. The van der Waals surface area contributed by atoms with Crippen LogP contribution in [0.1, 0.15) is 15.9 Å². The zero-order valence-electron chi connectivity index (χ0n) is 15.0. The summed E-state index contributed by atoms with van der Waals surface area (Å²) in [5, 5.41) is 2.75. The molecule has 0 bridgehead atoms. The van der Waals surface area contributed by atoms with Gasteiger partial charge in [-0.1, -0.05) is 6.07 Å². The molecule has 27 heavy (non-hydrogen) atoms. The van der Waals surface area contributed by atoms with Gasteiger partial charge in [-0.25, -0.2) is 4.39 Å². The van der Waals surface area contributed by atoms with Crippen LogP contribution < -0.4 is 10.1 Å². The van der Waals surface area contributed by atoms with Gasteiger partial charge in [0, 0.05) is 41.9 Å². The minimum Gasteiger partial charge on any atom is -0.484 e. The second kappa shape index (κ2) is 8.90. The van der Waals surface area contributed by atoms with Crippen LogP contribution in [0.15, 0.2) is 42.5 Å². The Kier molecular flexibility index (Phi) is 6.34. The van der Waals surface area contributed by atoms with Crippen molar-refractivity contribution < 1.29 is 18.7 Å². The van der Waals surface area contributed by atoms with Gasteiger partial charge in [-0.2, -0.15) is 11.8 Å². The summed E-state index contributed by atoms with van der Waals surface area (Å²) in [7, 11) is 0. The number of carbonyl (C=O) groups is 2. The average Bonchev–Trinajstić information content (AvgIpc) is 2.68. The number of thioether (sulfide) groups is 1. The van der Waals surface area contributed by atoms with Crippen LogP contribution in [-0.2, 0) is 4.79 Å². The summed E-state index contributed by atoms with van der Waals surface area (Å²) in [4.78, 5) is 26.5. The van der Waals surface area contributed by atoms with E-state index < -0.39 is 5.82 Å². The average molecular weight is 388 g/mol. The maximum absolute atomic E-state index is 13.1. The summed E-state index contributed by atoms with van der Waals surface area (Å²) in [6.45, 7) is 3.14. The highest BCUT2D eigenvalue weighted by molar-refractivity contribution is 7.99. The SMILES string of the molecule is Cc1cc(C(=O)N2CCSCC2)ccc1NC(=O)COc1cccc(F)c1. The molecule has 2 amide bonds. The number of hydrogen-bond donors (Lipinski definition) is 1. The summed E-state index contributed by atoms with van der Waals surface area (Å²) < 4.78 is 18.4. The van der Waals surface area contributed by atoms with E-state index in [0.717, 1.165) is 30.2 Å². The first-order valence-corrected chi connectivity index (χ1v) is 9.84. The molecule has 1 aliphatic rings. The third-order valence-corrected chi connectivity index (χ3v) is 5.15. The molecule has 1 aliphatic heterocycles. The first kappa shape index (κ1) is 19.2. The number of benzene rings is 2. The Morgan fingerprint density at radius 2 is 1.96 bits per heavy atom. The second-order valence-electron chi connectivity index (χ2n) is 6.23. The van der Waals surface area contributed by atoms with Crippen LogP contribution in [0.3, 0.4) is 0 Å². The van der Waals surface area contributed by atoms with Crippen molar-refractivity contribution in [2.75, 3.05) is 36.5 Å². The molecule has 0 radical (unpaired) electrons. The third kappa shape index (κ3) is 5.23. The van der Waals surface area contributed by atoms with E-state index in [1.54, 1.807) is 24.3 Å². The smallest absolute Gasteiger partial charge is 0.262 e. The van der Waals surface area contributed by atoms with Crippen molar-refractivity contribution in [3.05, 3.63) is 59.4 Å². The molecule has 142 valence electrons. The molecule has 3 rings (SSSR count). The third-order valence-electron chi connectivity index (χ3n) is 4.21. The summed E-state index contributed by atoms with van der Waals surface area (Å²) in [5.41, 5.74) is 2.04. The van der Waals surface area contributed by atoms with Crippen molar-refractivity contribution in [1.82, 2.24) is 4.90 Å². The Morgan fingerprint density at radius 1 is 1.19 bits per heavy atom. The van der Waals surface area contributed by atoms with Gasteiger partial charge < -0.3 is 15.0 Å². The van der Waals surface area contributed by atoms with Gasteiger partial charge in [0.25, 0.3) is 11.8 Å². The monoisotopic (exact) mass is 388 g/mol. The van der Waals surface area contributed by atoms with Crippen molar-refractivity contribution in [1.29, 1.82) is 0 Å². The molecule has 1 saturated heterocycles. The zero-order valence-corrected chi connectivity index (χ0v) is 15.9. The van der Waals surface area contributed by atoms with Crippen molar-refractivity contribution in [2.45, 2.75) is 6.92 Å². The van der Waals surface area contributed by atoms with E-state index in [4.69, 9.17) is 4.74 Å². The number of nitrogens with one attached hydrogen (secondary N) is 1. The van der Waals surface area contributed by atoms with E-state index in [0.29, 0.717) is 17.0 Å². The van der Waals surface area contributed by atoms with Crippen LogP contribution in [0.25, 0.3) is 0 Å². The van der Waals surface area contributed by atoms with Gasteiger partial charge >= 0.3 is 0 Å². The van der Waals surface area contributed by atoms with Crippen LogP contribution in [0.2, 0.25) is 0 Å². The Bertz CT molecular complexity index is 838. The molecule has 2 aromatic rings. The van der Waals surface area contributed by atoms with Gasteiger partial charge in [-0.15, -0.1) is 0 Å². The molecule has 5 nitrogen and oxygen atoms in total. The van der Waals surface area contributed by atoms with Crippen LogP contribution in [-0.4, -0.2) is 47.9 Å². The topological polar surface area (TPSA) is 58.6 Å². The summed E-state index contributed by atoms with van der Waals surface area (Å²) in [6, 6.07) is 10.9. The highest BCUT2D eigenvalue weighted by atomic mass is 32.2. The summed E-state index contributed by atoms with van der Waals surface area (Å²) in [5.74, 6) is 1.47. The number of rotatable bonds is 5. The lowest BCUT2D eigenvalue weighted by atomic mass is 10.1. The fourth-order valence-electron chi connectivity index (χ4n) is 2.78. The molecule has 2 aromatic carbocycles. The van der Waals surface area contributed by atoms with Crippen molar-refractivity contribution in [3.8, 4) is 5.75 Å². The van der Waals surface area contributed by atoms with Gasteiger partial charge in [0.1, 0.15) is 11.6 Å². The number of halogens is 1. The van der Waals surface area contributed by atoms with E-state index in [2.05, 4.69) is 5.32 Å². The fraction of sp³-hybridized carbons (Fsp3) is 0.300. The van der Waals surface area contributed by atoms with E-state index >= 15 is 0 Å². The zero-order chi connectivity index (χ0) is 19.2. The summed E-state index contributed by atoms with van der Waals surface area (Å²) in [6.07, 6.45) is 0. The number of hydrogen-bond acceptors (Lipinski definition) is 4. The number of carbonyl (C=O) groups excluding carboxylic acids is 2. The number of nitrogens with zero attached hydrogens (tertiary/aromatic N) is 1. The molecule has 1 N–H and O–H groups in total. The van der Waals surface area contributed by atoms with E-state index in [9.17, 15) is 14.0 Å². The van der Waals surface area contributed by atoms with Crippen LogP contribution in [0.4, 0.5) is 10.1 Å². The maximum Gasteiger partial charge on any atom is 0.262 e. The molecule has 0 aliphatic carbocycles. The molecule has 1 fully saturated rings. The quantitative estimate of drug-likeness (QED) is 0.854. The normalized spacial score (nSPS) is 13.9. The molecule has 7 heteroatoms. The maximum atomic E-state index is 13.1. The minimum absolute atomic E-state index is 0.0192. The largest absolute Gasteiger partial charge is 0.484 e. The molecular weight excluding hydrogens is 367 g/mol. The Labute approximate surface area is 161 Å². The number of amides is 2. The van der Waals surface area contributed by atoms with E-state index in [1.165, 1.54) is 18.2 Å². The number of aryl methyl sites for hydroxylation is 1. The van der Waals surface area contributed by atoms with Gasteiger partial charge in [0.2, 0.25) is 0 Å².